The van der Waals surface area contributed by atoms with Crippen LogP contribution >= 0.6 is 0 Å². The Labute approximate surface area is 136 Å². The van der Waals surface area contributed by atoms with Gasteiger partial charge in [0.2, 0.25) is 0 Å². The molecule has 0 bridgehead atoms. The van der Waals surface area contributed by atoms with Crippen molar-refractivity contribution < 1.29 is 14.2 Å². The van der Waals surface area contributed by atoms with Crippen molar-refractivity contribution in [3.63, 3.8) is 0 Å². The third-order valence-electron chi connectivity index (χ3n) is 4.27. The second-order valence-corrected chi connectivity index (χ2v) is 5.72. The summed E-state index contributed by atoms with van der Waals surface area (Å²) in [5, 5.41) is 8.41. The van der Waals surface area contributed by atoms with Crippen LogP contribution in [0.15, 0.2) is 30.5 Å². The molecular formula is C18H22N2O3. The van der Waals surface area contributed by atoms with Gasteiger partial charge in [0.1, 0.15) is 11.5 Å². The summed E-state index contributed by atoms with van der Waals surface area (Å²) in [7, 11) is 3.33. The van der Waals surface area contributed by atoms with Gasteiger partial charge in [-0.15, -0.1) is 0 Å². The molecular weight excluding hydrogens is 292 g/mol. The molecule has 1 saturated heterocycles. The minimum atomic E-state index is 0.458. The first-order chi connectivity index (χ1) is 11.3. The van der Waals surface area contributed by atoms with E-state index in [2.05, 4.69) is 16.3 Å². The van der Waals surface area contributed by atoms with Crippen molar-refractivity contribution in [3.8, 4) is 11.5 Å². The van der Waals surface area contributed by atoms with E-state index in [0.717, 1.165) is 55.2 Å². The van der Waals surface area contributed by atoms with Gasteiger partial charge >= 0.3 is 0 Å². The maximum atomic E-state index is 5.46. The number of hydrogen-bond acceptors (Lipinski definition) is 5. The average molecular weight is 314 g/mol. The topological polar surface area (TPSA) is 53.5 Å². The number of methoxy groups -OCH3 is 2. The number of aryl methyl sites for hydroxylation is 2. The molecule has 1 aromatic carbocycles. The van der Waals surface area contributed by atoms with Gasteiger partial charge in [-0.2, -0.15) is 10.2 Å². The Morgan fingerprint density at radius 3 is 2.83 bits per heavy atom. The standard InChI is InChI=1S/C18H22N2O3/c1-21-17-6-4-13(18(10-17)22-2)3-5-16-9-15(11-19-20-16)14-7-8-23-12-14/h4,6,9-11,14H,3,5,7-8,12H2,1-2H3. The van der Waals surface area contributed by atoms with E-state index in [4.69, 9.17) is 14.2 Å². The Morgan fingerprint density at radius 2 is 2.09 bits per heavy atom. The zero-order chi connectivity index (χ0) is 16.1. The molecule has 0 N–H and O–H groups in total. The molecule has 0 amide bonds. The van der Waals surface area contributed by atoms with Crippen molar-refractivity contribution in [1.82, 2.24) is 10.2 Å². The molecule has 1 fully saturated rings. The van der Waals surface area contributed by atoms with Crippen LogP contribution in [0.5, 0.6) is 11.5 Å². The van der Waals surface area contributed by atoms with Crippen molar-refractivity contribution in [1.29, 1.82) is 0 Å². The number of nitrogens with zero attached hydrogens (tertiary/aromatic N) is 2. The molecule has 0 radical (unpaired) electrons. The normalized spacial score (nSPS) is 17.2. The number of hydrogen-bond donors (Lipinski definition) is 0. The van der Waals surface area contributed by atoms with Gasteiger partial charge in [-0.3, -0.25) is 0 Å². The predicted octanol–water partition coefficient (Wildman–Crippen LogP) is 2.78. The summed E-state index contributed by atoms with van der Waals surface area (Å²) < 4.78 is 16.1. The van der Waals surface area contributed by atoms with E-state index < -0.39 is 0 Å². The fourth-order valence-corrected chi connectivity index (χ4v) is 2.89. The fourth-order valence-electron chi connectivity index (χ4n) is 2.89. The number of benzene rings is 1. The van der Waals surface area contributed by atoms with Crippen molar-refractivity contribution >= 4 is 0 Å². The Balaban J connectivity index is 1.69. The molecule has 2 aromatic rings. The highest BCUT2D eigenvalue weighted by Gasteiger charge is 2.18. The van der Waals surface area contributed by atoms with Crippen LogP contribution in [-0.4, -0.2) is 37.6 Å². The minimum Gasteiger partial charge on any atom is -0.497 e. The Bertz CT molecular complexity index is 654. The Kier molecular flexibility index (Phi) is 5.08. The lowest BCUT2D eigenvalue weighted by Gasteiger charge is -2.11. The third kappa shape index (κ3) is 3.79. The summed E-state index contributed by atoms with van der Waals surface area (Å²) in [6.45, 7) is 1.63. The second kappa shape index (κ2) is 7.42. The van der Waals surface area contributed by atoms with Crippen molar-refractivity contribution in [2.75, 3.05) is 27.4 Å². The van der Waals surface area contributed by atoms with Crippen molar-refractivity contribution in [3.05, 3.63) is 47.3 Å². The minimum absolute atomic E-state index is 0.458. The molecule has 1 atom stereocenters. The summed E-state index contributed by atoms with van der Waals surface area (Å²) in [6, 6.07) is 8.06. The number of rotatable bonds is 6. The van der Waals surface area contributed by atoms with Crippen LogP contribution in [0.2, 0.25) is 0 Å². The summed E-state index contributed by atoms with van der Waals surface area (Å²) >= 11 is 0. The first-order valence-electron chi connectivity index (χ1n) is 7.90. The van der Waals surface area contributed by atoms with Gasteiger partial charge in [0.05, 0.1) is 32.7 Å². The number of ether oxygens (including phenoxy) is 3. The van der Waals surface area contributed by atoms with Gasteiger partial charge in [-0.25, -0.2) is 0 Å². The van der Waals surface area contributed by atoms with Crippen molar-refractivity contribution in [2.24, 2.45) is 0 Å². The summed E-state index contributed by atoms with van der Waals surface area (Å²) in [5.41, 5.74) is 3.38. The van der Waals surface area contributed by atoms with Gasteiger partial charge < -0.3 is 14.2 Å². The highest BCUT2D eigenvalue weighted by atomic mass is 16.5. The lowest BCUT2D eigenvalue weighted by atomic mass is 9.99. The van der Waals surface area contributed by atoms with Crippen LogP contribution in [-0.2, 0) is 17.6 Å². The molecule has 1 aliphatic heterocycles. The van der Waals surface area contributed by atoms with Crippen LogP contribution in [0.25, 0.3) is 0 Å². The zero-order valence-electron chi connectivity index (χ0n) is 13.6. The zero-order valence-corrected chi connectivity index (χ0v) is 13.6. The molecule has 1 aromatic heterocycles. The molecule has 1 aliphatic rings. The van der Waals surface area contributed by atoms with E-state index in [1.165, 1.54) is 5.56 Å². The highest BCUT2D eigenvalue weighted by molar-refractivity contribution is 5.41. The first kappa shape index (κ1) is 15.7. The first-order valence-corrected chi connectivity index (χ1v) is 7.90. The molecule has 5 nitrogen and oxygen atoms in total. The summed E-state index contributed by atoms with van der Waals surface area (Å²) in [6.07, 6.45) is 4.61. The quantitative estimate of drug-likeness (QED) is 0.820. The molecule has 23 heavy (non-hydrogen) atoms. The predicted molar refractivity (Wildman–Crippen MR) is 87.2 cm³/mol. The van der Waals surface area contributed by atoms with E-state index in [-0.39, 0.29) is 0 Å². The van der Waals surface area contributed by atoms with Gasteiger partial charge in [0, 0.05) is 18.6 Å². The molecule has 0 aliphatic carbocycles. The smallest absolute Gasteiger partial charge is 0.125 e. The molecule has 1 unspecified atom stereocenters. The Morgan fingerprint density at radius 1 is 1.17 bits per heavy atom. The molecule has 122 valence electrons. The van der Waals surface area contributed by atoms with Gasteiger partial charge in [-0.1, -0.05) is 6.07 Å². The summed E-state index contributed by atoms with van der Waals surface area (Å²) in [4.78, 5) is 0. The van der Waals surface area contributed by atoms with Crippen molar-refractivity contribution in [2.45, 2.75) is 25.2 Å². The lowest BCUT2D eigenvalue weighted by Crippen LogP contribution is -2.03. The monoisotopic (exact) mass is 314 g/mol. The van der Waals surface area contributed by atoms with Gasteiger partial charge in [0.15, 0.2) is 0 Å². The van der Waals surface area contributed by atoms with Crippen LogP contribution in [0.3, 0.4) is 0 Å². The fraction of sp³-hybridized carbons (Fsp3) is 0.444. The molecule has 0 saturated carbocycles. The SMILES string of the molecule is COc1ccc(CCc2cc(C3CCOC3)cnn2)c(OC)c1. The molecule has 0 spiro atoms. The van der Waals surface area contributed by atoms with Crippen LogP contribution < -0.4 is 9.47 Å². The third-order valence-corrected chi connectivity index (χ3v) is 4.27. The Hall–Kier alpha value is -2.14. The maximum Gasteiger partial charge on any atom is 0.125 e. The van der Waals surface area contributed by atoms with E-state index >= 15 is 0 Å². The van der Waals surface area contributed by atoms with E-state index in [1.54, 1.807) is 14.2 Å². The van der Waals surface area contributed by atoms with Gasteiger partial charge in [-0.05, 0) is 42.5 Å². The van der Waals surface area contributed by atoms with E-state index in [0.29, 0.717) is 5.92 Å². The maximum absolute atomic E-state index is 5.46. The lowest BCUT2D eigenvalue weighted by molar-refractivity contribution is 0.194. The number of aromatic nitrogens is 2. The molecule has 5 heteroatoms. The van der Waals surface area contributed by atoms with Crippen LogP contribution in [0, 0.1) is 0 Å². The van der Waals surface area contributed by atoms with Crippen LogP contribution in [0.4, 0.5) is 0 Å². The second-order valence-electron chi connectivity index (χ2n) is 5.72. The molecule has 2 heterocycles. The van der Waals surface area contributed by atoms with E-state index in [1.807, 2.05) is 24.4 Å². The highest BCUT2D eigenvalue weighted by Crippen LogP contribution is 2.27. The summed E-state index contributed by atoms with van der Waals surface area (Å²) in [5.74, 6) is 2.10. The van der Waals surface area contributed by atoms with Crippen LogP contribution in [0.1, 0.15) is 29.2 Å². The largest absolute Gasteiger partial charge is 0.497 e. The average Bonchev–Trinajstić information content (AvgIpc) is 3.14. The van der Waals surface area contributed by atoms with E-state index in [9.17, 15) is 0 Å². The van der Waals surface area contributed by atoms with Gasteiger partial charge in [0.25, 0.3) is 0 Å². The molecule has 3 rings (SSSR count).